The highest BCUT2D eigenvalue weighted by atomic mass is 19.1. The maximum absolute atomic E-state index is 12.9. The molecular weight excluding hydrogens is 233 g/mol. The second-order valence-electron chi connectivity index (χ2n) is 4.00. The van der Waals surface area contributed by atoms with Crippen LogP contribution in [-0.2, 0) is 0 Å². The lowest BCUT2D eigenvalue weighted by molar-refractivity contribution is 0.246. The maximum atomic E-state index is 12.9. The van der Waals surface area contributed by atoms with Gasteiger partial charge in [-0.3, -0.25) is 4.90 Å². The quantitative estimate of drug-likeness (QED) is 0.815. The summed E-state index contributed by atoms with van der Waals surface area (Å²) in [6.45, 7) is 3.65. The number of benzene rings is 1. The van der Waals surface area contributed by atoms with Crippen molar-refractivity contribution in [1.29, 1.82) is 0 Å². The van der Waals surface area contributed by atoms with E-state index < -0.39 is 0 Å². The van der Waals surface area contributed by atoms with Crippen LogP contribution >= 0.6 is 0 Å². The van der Waals surface area contributed by atoms with E-state index in [9.17, 15) is 9.18 Å². The first-order valence-electron chi connectivity index (χ1n) is 6.20. The zero-order valence-electron chi connectivity index (χ0n) is 10.7. The Labute approximate surface area is 107 Å². The van der Waals surface area contributed by atoms with E-state index >= 15 is 0 Å². The summed E-state index contributed by atoms with van der Waals surface area (Å²) < 4.78 is 12.9. The SMILES string of the molecule is CCCNC(=O)N(CCCN)c1ccc(F)cc1. The summed E-state index contributed by atoms with van der Waals surface area (Å²) in [5.74, 6) is -0.313. The molecule has 0 aliphatic carbocycles. The van der Waals surface area contributed by atoms with Gasteiger partial charge in [0.1, 0.15) is 5.82 Å². The summed E-state index contributed by atoms with van der Waals surface area (Å²) >= 11 is 0. The molecule has 0 radical (unpaired) electrons. The van der Waals surface area contributed by atoms with E-state index in [-0.39, 0.29) is 11.8 Å². The fraction of sp³-hybridized carbons (Fsp3) is 0.462. The molecule has 100 valence electrons. The fourth-order valence-electron chi connectivity index (χ4n) is 1.55. The number of amides is 2. The number of urea groups is 1. The first kappa shape index (κ1) is 14.4. The minimum Gasteiger partial charge on any atom is -0.338 e. The lowest BCUT2D eigenvalue weighted by Gasteiger charge is -2.23. The molecule has 0 heterocycles. The summed E-state index contributed by atoms with van der Waals surface area (Å²) in [6.07, 6.45) is 1.58. The molecule has 18 heavy (non-hydrogen) atoms. The van der Waals surface area contributed by atoms with Gasteiger partial charge in [-0.2, -0.15) is 0 Å². The van der Waals surface area contributed by atoms with Gasteiger partial charge in [0.15, 0.2) is 0 Å². The van der Waals surface area contributed by atoms with Crippen LogP contribution in [0, 0.1) is 5.82 Å². The maximum Gasteiger partial charge on any atom is 0.321 e. The number of nitrogens with two attached hydrogens (primary N) is 1. The smallest absolute Gasteiger partial charge is 0.321 e. The molecule has 4 nitrogen and oxygen atoms in total. The average molecular weight is 253 g/mol. The zero-order chi connectivity index (χ0) is 13.4. The van der Waals surface area contributed by atoms with Crippen molar-refractivity contribution >= 4 is 11.7 Å². The van der Waals surface area contributed by atoms with Crippen LogP contribution in [0.5, 0.6) is 0 Å². The van der Waals surface area contributed by atoms with Gasteiger partial charge in [-0.25, -0.2) is 9.18 Å². The van der Waals surface area contributed by atoms with E-state index in [0.29, 0.717) is 31.7 Å². The summed E-state index contributed by atoms with van der Waals surface area (Å²) in [5.41, 5.74) is 6.14. The highest BCUT2D eigenvalue weighted by Gasteiger charge is 2.14. The third-order valence-corrected chi connectivity index (χ3v) is 2.50. The van der Waals surface area contributed by atoms with Crippen LogP contribution in [0.2, 0.25) is 0 Å². The van der Waals surface area contributed by atoms with E-state index in [2.05, 4.69) is 5.32 Å². The van der Waals surface area contributed by atoms with Crippen LogP contribution in [0.3, 0.4) is 0 Å². The fourth-order valence-corrected chi connectivity index (χ4v) is 1.55. The van der Waals surface area contributed by atoms with Crippen molar-refractivity contribution in [1.82, 2.24) is 5.32 Å². The third-order valence-electron chi connectivity index (χ3n) is 2.50. The summed E-state index contributed by atoms with van der Waals surface area (Å²) in [6, 6.07) is 5.71. The Balaban J connectivity index is 2.76. The Morgan fingerprint density at radius 1 is 1.39 bits per heavy atom. The second kappa shape index (κ2) is 7.66. The second-order valence-corrected chi connectivity index (χ2v) is 4.00. The van der Waals surface area contributed by atoms with Crippen molar-refractivity contribution in [3.63, 3.8) is 0 Å². The van der Waals surface area contributed by atoms with Gasteiger partial charge < -0.3 is 11.1 Å². The van der Waals surface area contributed by atoms with Gasteiger partial charge in [-0.05, 0) is 43.7 Å². The molecule has 0 fully saturated rings. The standard InChI is InChI=1S/C13H20FN3O/c1-2-9-16-13(18)17(10-3-8-15)12-6-4-11(14)5-7-12/h4-7H,2-3,8-10,15H2,1H3,(H,16,18). The molecule has 0 spiro atoms. The number of anilines is 1. The Kier molecular flexibility index (Phi) is 6.14. The molecule has 1 rings (SSSR count). The molecule has 0 aromatic heterocycles. The van der Waals surface area contributed by atoms with Gasteiger partial charge in [0.2, 0.25) is 0 Å². The van der Waals surface area contributed by atoms with Gasteiger partial charge in [-0.15, -0.1) is 0 Å². The van der Waals surface area contributed by atoms with E-state index in [0.717, 1.165) is 6.42 Å². The Hall–Kier alpha value is -1.62. The summed E-state index contributed by atoms with van der Waals surface area (Å²) in [7, 11) is 0. The van der Waals surface area contributed by atoms with Gasteiger partial charge in [0, 0.05) is 18.8 Å². The predicted octanol–water partition coefficient (Wildman–Crippen LogP) is 2.10. The Morgan fingerprint density at radius 3 is 2.61 bits per heavy atom. The van der Waals surface area contributed by atoms with Crippen molar-refractivity contribution in [2.75, 3.05) is 24.5 Å². The number of halogens is 1. The minimum absolute atomic E-state index is 0.170. The number of nitrogens with one attached hydrogen (secondary N) is 1. The molecule has 0 atom stereocenters. The predicted molar refractivity (Wildman–Crippen MR) is 71.1 cm³/mol. The molecule has 3 N–H and O–H groups in total. The summed E-state index contributed by atoms with van der Waals surface area (Å²) in [4.78, 5) is 13.6. The normalized spacial score (nSPS) is 10.2. The van der Waals surface area contributed by atoms with Gasteiger partial charge in [0.05, 0.1) is 0 Å². The van der Waals surface area contributed by atoms with Crippen LogP contribution in [0.1, 0.15) is 19.8 Å². The number of hydrogen-bond acceptors (Lipinski definition) is 2. The van der Waals surface area contributed by atoms with Crippen LogP contribution < -0.4 is 16.0 Å². The summed E-state index contributed by atoms with van der Waals surface area (Å²) in [5, 5.41) is 2.81. The number of carbonyl (C=O) groups excluding carboxylic acids is 1. The molecule has 0 saturated heterocycles. The van der Waals surface area contributed by atoms with Crippen LogP contribution in [0.25, 0.3) is 0 Å². The lowest BCUT2D eigenvalue weighted by atomic mass is 10.2. The molecule has 0 aliphatic rings. The number of nitrogens with zero attached hydrogens (tertiary/aromatic N) is 1. The first-order valence-corrected chi connectivity index (χ1v) is 6.20. The number of carbonyl (C=O) groups is 1. The molecule has 5 heteroatoms. The molecule has 1 aromatic rings. The molecule has 1 aromatic carbocycles. The van der Waals surface area contributed by atoms with Crippen molar-refractivity contribution in [3.05, 3.63) is 30.1 Å². The molecule has 0 aliphatic heterocycles. The van der Waals surface area contributed by atoms with Crippen molar-refractivity contribution in [2.45, 2.75) is 19.8 Å². The van der Waals surface area contributed by atoms with Gasteiger partial charge in [-0.1, -0.05) is 6.92 Å². The molecule has 0 saturated carbocycles. The Morgan fingerprint density at radius 2 is 2.06 bits per heavy atom. The number of rotatable bonds is 6. The van der Waals surface area contributed by atoms with E-state index in [1.165, 1.54) is 12.1 Å². The lowest BCUT2D eigenvalue weighted by Crippen LogP contribution is -2.41. The topological polar surface area (TPSA) is 58.4 Å². The van der Waals surface area contributed by atoms with E-state index in [1.807, 2.05) is 6.92 Å². The zero-order valence-corrected chi connectivity index (χ0v) is 10.7. The van der Waals surface area contributed by atoms with Crippen LogP contribution in [-0.4, -0.2) is 25.7 Å². The average Bonchev–Trinajstić information content (AvgIpc) is 2.38. The van der Waals surface area contributed by atoms with Crippen LogP contribution in [0.15, 0.2) is 24.3 Å². The van der Waals surface area contributed by atoms with Crippen LogP contribution in [0.4, 0.5) is 14.9 Å². The third kappa shape index (κ3) is 4.33. The minimum atomic E-state index is -0.313. The molecule has 2 amide bonds. The largest absolute Gasteiger partial charge is 0.338 e. The van der Waals surface area contributed by atoms with Gasteiger partial charge >= 0.3 is 6.03 Å². The highest BCUT2D eigenvalue weighted by molar-refractivity contribution is 5.91. The monoisotopic (exact) mass is 253 g/mol. The molecule has 0 bridgehead atoms. The van der Waals surface area contributed by atoms with Crippen molar-refractivity contribution in [2.24, 2.45) is 5.73 Å². The van der Waals surface area contributed by atoms with Crippen molar-refractivity contribution in [3.8, 4) is 0 Å². The van der Waals surface area contributed by atoms with Crippen molar-refractivity contribution < 1.29 is 9.18 Å². The molecule has 0 unspecified atom stereocenters. The van der Waals surface area contributed by atoms with E-state index in [1.54, 1.807) is 17.0 Å². The van der Waals surface area contributed by atoms with E-state index in [4.69, 9.17) is 5.73 Å². The Bertz CT molecular complexity index is 367. The number of hydrogen-bond donors (Lipinski definition) is 2. The highest BCUT2D eigenvalue weighted by Crippen LogP contribution is 2.15. The first-order chi connectivity index (χ1) is 8.69. The molecular formula is C13H20FN3O. The van der Waals surface area contributed by atoms with Gasteiger partial charge in [0.25, 0.3) is 0 Å².